The molecule has 94 valence electrons. The Hall–Kier alpha value is -1.36. The zero-order valence-corrected chi connectivity index (χ0v) is 10.5. The van der Waals surface area contributed by atoms with Gasteiger partial charge in [-0.2, -0.15) is 0 Å². The van der Waals surface area contributed by atoms with Crippen LogP contribution in [0.25, 0.3) is 0 Å². The van der Waals surface area contributed by atoms with Crippen LogP contribution < -0.4 is 5.32 Å². The van der Waals surface area contributed by atoms with E-state index in [1.165, 1.54) is 0 Å². The maximum atomic E-state index is 12.3. The number of aromatic nitrogens is 2. The average Bonchev–Trinajstić information content (AvgIpc) is 2.75. The number of imidazole rings is 1. The molecule has 2 rings (SSSR count). The van der Waals surface area contributed by atoms with Gasteiger partial charge in [0.2, 0.25) is 0 Å². The van der Waals surface area contributed by atoms with Crippen molar-refractivity contribution in [2.24, 2.45) is 7.05 Å². The van der Waals surface area contributed by atoms with Crippen LogP contribution in [0.3, 0.4) is 0 Å². The molecule has 1 aliphatic heterocycles. The zero-order chi connectivity index (χ0) is 12.3. The average molecular weight is 236 g/mol. The van der Waals surface area contributed by atoms with Crippen LogP contribution in [-0.4, -0.2) is 46.0 Å². The van der Waals surface area contributed by atoms with Crippen LogP contribution >= 0.6 is 0 Å². The topological polar surface area (TPSA) is 50.2 Å². The molecule has 1 atom stereocenters. The molecule has 1 saturated heterocycles. The van der Waals surface area contributed by atoms with Crippen molar-refractivity contribution in [1.29, 1.82) is 0 Å². The number of nitrogens with one attached hydrogen (secondary N) is 1. The highest BCUT2D eigenvalue weighted by molar-refractivity contribution is 5.92. The number of likely N-dealkylation sites (tertiary alicyclic amines) is 1. The fourth-order valence-corrected chi connectivity index (χ4v) is 2.34. The highest BCUT2D eigenvalue weighted by Crippen LogP contribution is 2.13. The van der Waals surface area contributed by atoms with E-state index in [4.69, 9.17) is 0 Å². The number of likely N-dealkylation sites (N-methyl/N-ethyl adjacent to an activating group) is 1. The molecule has 1 aromatic heterocycles. The predicted molar refractivity (Wildman–Crippen MR) is 65.8 cm³/mol. The van der Waals surface area contributed by atoms with E-state index in [0.717, 1.165) is 32.5 Å². The van der Waals surface area contributed by atoms with Crippen molar-refractivity contribution in [3.8, 4) is 0 Å². The third kappa shape index (κ3) is 2.66. The van der Waals surface area contributed by atoms with Gasteiger partial charge in [0, 0.05) is 26.2 Å². The number of nitrogens with zero attached hydrogens (tertiary/aromatic N) is 3. The Kier molecular flexibility index (Phi) is 3.78. The van der Waals surface area contributed by atoms with E-state index in [9.17, 15) is 4.79 Å². The van der Waals surface area contributed by atoms with Crippen molar-refractivity contribution in [2.45, 2.75) is 25.8 Å². The van der Waals surface area contributed by atoms with Crippen molar-refractivity contribution in [1.82, 2.24) is 19.8 Å². The van der Waals surface area contributed by atoms with Crippen LogP contribution in [-0.2, 0) is 7.05 Å². The van der Waals surface area contributed by atoms with E-state index in [1.807, 2.05) is 11.9 Å². The van der Waals surface area contributed by atoms with Crippen molar-refractivity contribution >= 4 is 5.91 Å². The highest BCUT2D eigenvalue weighted by Gasteiger charge is 2.25. The summed E-state index contributed by atoms with van der Waals surface area (Å²) < 4.78 is 1.78. The Morgan fingerprint density at radius 3 is 3.12 bits per heavy atom. The molecule has 0 aromatic carbocycles. The van der Waals surface area contributed by atoms with Gasteiger partial charge in [0.25, 0.3) is 5.91 Å². The highest BCUT2D eigenvalue weighted by atomic mass is 16.2. The first kappa shape index (κ1) is 12.1. The van der Waals surface area contributed by atoms with Gasteiger partial charge in [0.05, 0.1) is 12.5 Å². The molecule has 0 spiro atoms. The number of carbonyl (C=O) groups is 1. The summed E-state index contributed by atoms with van der Waals surface area (Å²) in [5.74, 6) is 0.0904. The minimum atomic E-state index is 0.0904. The molecule has 0 radical (unpaired) electrons. The maximum Gasteiger partial charge on any atom is 0.272 e. The van der Waals surface area contributed by atoms with E-state index < -0.39 is 0 Å². The van der Waals surface area contributed by atoms with Gasteiger partial charge in [-0.1, -0.05) is 6.92 Å². The molecule has 1 unspecified atom stereocenters. The monoisotopic (exact) mass is 236 g/mol. The van der Waals surface area contributed by atoms with Crippen LogP contribution in [0.5, 0.6) is 0 Å². The standard InChI is InChI=1S/C12H20N4O/c1-3-14-10-5-4-6-16(8-10)12(17)11-7-13-9-15(11)2/h7,9-10,14H,3-6,8H2,1-2H3. The van der Waals surface area contributed by atoms with Crippen molar-refractivity contribution < 1.29 is 4.79 Å². The Morgan fingerprint density at radius 2 is 2.47 bits per heavy atom. The lowest BCUT2D eigenvalue weighted by Crippen LogP contribution is -2.48. The van der Waals surface area contributed by atoms with Gasteiger partial charge in [0.15, 0.2) is 0 Å². The van der Waals surface area contributed by atoms with E-state index in [1.54, 1.807) is 17.1 Å². The number of rotatable bonds is 3. The van der Waals surface area contributed by atoms with Gasteiger partial charge in [-0.3, -0.25) is 4.79 Å². The molecule has 5 nitrogen and oxygen atoms in total. The Labute approximate surface area is 102 Å². The third-order valence-corrected chi connectivity index (χ3v) is 3.24. The number of carbonyl (C=O) groups excluding carboxylic acids is 1. The second-order valence-electron chi connectivity index (χ2n) is 4.54. The minimum Gasteiger partial charge on any atom is -0.336 e. The molecule has 0 bridgehead atoms. The molecule has 1 aromatic rings. The summed E-state index contributed by atoms with van der Waals surface area (Å²) in [5, 5.41) is 3.41. The van der Waals surface area contributed by atoms with E-state index in [-0.39, 0.29) is 5.91 Å². The molecule has 5 heteroatoms. The summed E-state index contributed by atoms with van der Waals surface area (Å²) in [6, 6.07) is 0.436. The largest absolute Gasteiger partial charge is 0.336 e. The summed E-state index contributed by atoms with van der Waals surface area (Å²) in [7, 11) is 1.85. The first-order chi connectivity index (χ1) is 8.22. The zero-order valence-electron chi connectivity index (χ0n) is 10.5. The first-order valence-corrected chi connectivity index (χ1v) is 6.21. The Balaban J connectivity index is 2.02. The second kappa shape index (κ2) is 5.31. The lowest BCUT2D eigenvalue weighted by molar-refractivity contribution is 0.0686. The number of amides is 1. The molecule has 1 N–H and O–H groups in total. The summed E-state index contributed by atoms with van der Waals surface area (Å²) in [6.45, 7) is 4.71. The van der Waals surface area contributed by atoms with Gasteiger partial charge in [-0.25, -0.2) is 4.98 Å². The van der Waals surface area contributed by atoms with Crippen LogP contribution in [0.2, 0.25) is 0 Å². The van der Waals surface area contributed by atoms with Crippen molar-refractivity contribution in [3.63, 3.8) is 0 Å². The van der Waals surface area contributed by atoms with Crippen LogP contribution in [0.1, 0.15) is 30.3 Å². The number of piperidine rings is 1. The summed E-state index contributed by atoms with van der Waals surface area (Å²) in [5.41, 5.74) is 0.669. The molecular formula is C12H20N4O. The molecular weight excluding hydrogens is 216 g/mol. The molecule has 1 amide bonds. The van der Waals surface area contributed by atoms with Crippen molar-refractivity contribution in [3.05, 3.63) is 18.2 Å². The molecule has 1 fully saturated rings. The van der Waals surface area contributed by atoms with Crippen LogP contribution in [0.15, 0.2) is 12.5 Å². The SMILES string of the molecule is CCNC1CCCN(C(=O)c2cncn2C)C1. The molecule has 0 saturated carbocycles. The summed E-state index contributed by atoms with van der Waals surface area (Å²) in [6.07, 6.45) is 5.53. The number of hydrogen-bond donors (Lipinski definition) is 1. The van der Waals surface area contributed by atoms with Gasteiger partial charge >= 0.3 is 0 Å². The van der Waals surface area contributed by atoms with Gasteiger partial charge < -0.3 is 14.8 Å². The first-order valence-electron chi connectivity index (χ1n) is 6.21. The van der Waals surface area contributed by atoms with Gasteiger partial charge in [0.1, 0.15) is 5.69 Å². The van der Waals surface area contributed by atoms with E-state index >= 15 is 0 Å². The van der Waals surface area contributed by atoms with Gasteiger partial charge in [-0.05, 0) is 19.4 Å². The Bertz CT molecular complexity index is 386. The number of hydrogen-bond acceptors (Lipinski definition) is 3. The fraction of sp³-hybridized carbons (Fsp3) is 0.667. The molecule has 2 heterocycles. The quantitative estimate of drug-likeness (QED) is 0.837. The second-order valence-corrected chi connectivity index (χ2v) is 4.54. The van der Waals surface area contributed by atoms with E-state index in [2.05, 4.69) is 17.2 Å². The normalized spacial score (nSPS) is 20.6. The Morgan fingerprint density at radius 1 is 1.65 bits per heavy atom. The maximum absolute atomic E-state index is 12.3. The molecule has 1 aliphatic rings. The summed E-state index contributed by atoms with van der Waals surface area (Å²) >= 11 is 0. The lowest BCUT2D eigenvalue weighted by atomic mass is 10.1. The minimum absolute atomic E-state index is 0.0904. The molecule has 0 aliphatic carbocycles. The van der Waals surface area contributed by atoms with Crippen molar-refractivity contribution in [2.75, 3.05) is 19.6 Å². The fourth-order valence-electron chi connectivity index (χ4n) is 2.34. The van der Waals surface area contributed by atoms with Crippen LogP contribution in [0, 0.1) is 0 Å². The molecule has 17 heavy (non-hydrogen) atoms. The predicted octanol–water partition coefficient (Wildman–Crippen LogP) is 0.634. The smallest absolute Gasteiger partial charge is 0.272 e. The van der Waals surface area contributed by atoms with E-state index in [0.29, 0.717) is 11.7 Å². The third-order valence-electron chi connectivity index (χ3n) is 3.24. The lowest BCUT2D eigenvalue weighted by Gasteiger charge is -2.33. The summed E-state index contributed by atoms with van der Waals surface area (Å²) in [4.78, 5) is 18.2. The van der Waals surface area contributed by atoms with Crippen LogP contribution in [0.4, 0.5) is 0 Å². The van der Waals surface area contributed by atoms with Gasteiger partial charge in [-0.15, -0.1) is 0 Å². The number of aryl methyl sites for hydroxylation is 1.